The van der Waals surface area contributed by atoms with Gasteiger partial charge in [0.05, 0.1) is 0 Å². The Morgan fingerprint density at radius 3 is 2.80 bits per heavy atom. The van der Waals surface area contributed by atoms with Crippen LogP contribution >= 0.6 is 0 Å². The molecule has 1 saturated heterocycles. The number of carbonyl (C=O) groups excluding carboxylic acids is 1. The monoisotopic (exact) mass is 334 g/mol. The highest BCUT2D eigenvalue weighted by Gasteiger charge is 2.24. The van der Waals surface area contributed by atoms with Gasteiger partial charge in [0.2, 0.25) is 0 Å². The first-order chi connectivity index (χ1) is 12.3. The zero-order valence-corrected chi connectivity index (χ0v) is 14.7. The van der Waals surface area contributed by atoms with Crippen molar-refractivity contribution in [3.8, 4) is 0 Å². The number of rotatable bonds is 4. The van der Waals surface area contributed by atoms with E-state index in [0.29, 0.717) is 5.78 Å². The third-order valence-electron chi connectivity index (χ3n) is 5.50. The molecule has 1 N–H and O–H groups in total. The lowest BCUT2D eigenvalue weighted by Gasteiger charge is -2.29. The summed E-state index contributed by atoms with van der Waals surface area (Å²) in [7, 11) is 0. The molecule has 0 spiro atoms. The summed E-state index contributed by atoms with van der Waals surface area (Å²) >= 11 is 0. The molecule has 3 heteroatoms. The third kappa shape index (κ3) is 3.83. The number of nitrogens with zero attached hydrogens (tertiary/aromatic N) is 1. The zero-order chi connectivity index (χ0) is 17.1. The van der Waals surface area contributed by atoms with Gasteiger partial charge < -0.3 is 5.32 Å². The maximum absolute atomic E-state index is 12.7. The van der Waals surface area contributed by atoms with Gasteiger partial charge in [-0.1, -0.05) is 42.5 Å². The molecule has 0 aromatic heterocycles. The average Bonchev–Trinajstić information content (AvgIpc) is 2.68. The number of ketones is 1. The van der Waals surface area contributed by atoms with Crippen molar-refractivity contribution in [1.29, 1.82) is 0 Å². The molecule has 2 aliphatic rings. The Kier molecular flexibility index (Phi) is 4.95. The molecule has 130 valence electrons. The predicted octanol–water partition coefficient (Wildman–Crippen LogP) is 3.43. The van der Waals surface area contributed by atoms with Gasteiger partial charge in [-0.3, -0.25) is 9.69 Å². The molecule has 1 atom stereocenters. The molecule has 2 heterocycles. The second-order valence-electron chi connectivity index (χ2n) is 7.34. The van der Waals surface area contributed by atoms with E-state index in [1.54, 1.807) is 0 Å². The van der Waals surface area contributed by atoms with E-state index >= 15 is 0 Å². The normalized spacial score (nSPS) is 20.9. The highest BCUT2D eigenvalue weighted by molar-refractivity contribution is 5.98. The number of hydrogen-bond donors (Lipinski definition) is 1. The summed E-state index contributed by atoms with van der Waals surface area (Å²) < 4.78 is 0. The van der Waals surface area contributed by atoms with Crippen molar-refractivity contribution in [2.24, 2.45) is 5.92 Å². The molecular weight excluding hydrogens is 308 g/mol. The molecular formula is C22H26N2O. The molecule has 2 aromatic rings. The van der Waals surface area contributed by atoms with E-state index in [9.17, 15) is 4.79 Å². The Morgan fingerprint density at radius 1 is 1.12 bits per heavy atom. The van der Waals surface area contributed by atoms with Crippen molar-refractivity contribution in [3.05, 3.63) is 70.8 Å². The topological polar surface area (TPSA) is 32.3 Å². The number of carbonyl (C=O) groups is 1. The molecule has 1 unspecified atom stereocenters. The minimum atomic E-state index is 0.157. The van der Waals surface area contributed by atoms with Crippen LogP contribution < -0.4 is 5.32 Å². The van der Waals surface area contributed by atoms with Crippen molar-refractivity contribution in [3.63, 3.8) is 0 Å². The number of hydrogen-bond acceptors (Lipinski definition) is 3. The van der Waals surface area contributed by atoms with Crippen molar-refractivity contribution in [1.82, 2.24) is 10.2 Å². The van der Waals surface area contributed by atoms with E-state index in [-0.39, 0.29) is 5.92 Å². The highest BCUT2D eigenvalue weighted by atomic mass is 16.1. The Balaban J connectivity index is 1.44. The quantitative estimate of drug-likeness (QED) is 0.870. The Labute approximate surface area is 150 Å². The van der Waals surface area contributed by atoms with Crippen LogP contribution in [0.2, 0.25) is 0 Å². The summed E-state index contributed by atoms with van der Waals surface area (Å²) in [6, 6.07) is 17.0. The molecule has 0 saturated carbocycles. The lowest BCUT2D eigenvalue weighted by molar-refractivity contribution is 0.0899. The molecule has 0 bridgehead atoms. The first-order valence-corrected chi connectivity index (χ1v) is 9.42. The van der Waals surface area contributed by atoms with Crippen molar-refractivity contribution in [2.45, 2.75) is 32.4 Å². The maximum atomic E-state index is 12.7. The van der Waals surface area contributed by atoms with Crippen LogP contribution in [0.1, 0.15) is 39.9 Å². The van der Waals surface area contributed by atoms with Crippen LogP contribution in [0.15, 0.2) is 48.5 Å². The smallest absolute Gasteiger partial charge is 0.167 e. The van der Waals surface area contributed by atoms with E-state index in [1.807, 2.05) is 6.07 Å². The van der Waals surface area contributed by atoms with E-state index in [0.717, 1.165) is 57.5 Å². The standard InChI is InChI=1S/C22H26N2O/c25-22(20-7-4-11-23-14-20)19-8-9-21-16-24(12-10-18(21)13-19)15-17-5-2-1-3-6-17/h1-3,5-6,8-9,13,20,23H,4,7,10-12,14-16H2. The molecule has 0 amide bonds. The Hall–Kier alpha value is -1.97. The fourth-order valence-corrected chi connectivity index (χ4v) is 4.05. The van der Waals surface area contributed by atoms with E-state index in [1.165, 1.54) is 16.7 Å². The van der Waals surface area contributed by atoms with Crippen LogP contribution in [0, 0.1) is 5.92 Å². The van der Waals surface area contributed by atoms with Crippen LogP contribution in [0.3, 0.4) is 0 Å². The van der Waals surface area contributed by atoms with Crippen LogP contribution in [-0.4, -0.2) is 30.3 Å². The first kappa shape index (κ1) is 16.5. The fraction of sp³-hybridized carbons (Fsp3) is 0.409. The minimum Gasteiger partial charge on any atom is -0.316 e. The van der Waals surface area contributed by atoms with Gasteiger partial charge in [-0.25, -0.2) is 0 Å². The number of fused-ring (bicyclic) bond motifs is 1. The number of benzene rings is 2. The molecule has 0 aliphatic carbocycles. The summed E-state index contributed by atoms with van der Waals surface area (Å²) in [5.41, 5.74) is 5.01. The Morgan fingerprint density at radius 2 is 2.00 bits per heavy atom. The molecule has 4 rings (SSSR count). The molecule has 25 heavy (non-hydrogen) atoms. The summed E-state index contributed by atoms with van der Waals surface area (Å²) in [5.74, 6) is 0.478. The SMILES string of the molecule is O=C(c1ccc2c(c1)CCN(Cc1ccccc1)C2)C1CCCNC1. The van der Waals surface area contributed by atoms with Gasteiger partial charge in [0.15, 0.2) is 5.78 Å². The van der Waals surface area contributed by atoms with Gasteiger partial charge in [0.25, 0.3) is 0 Å². The average molecular weight is 334 g/mol. The lowest BCUT2D eigenvalue weighted by atomic mass is 9.88. The maximum Gasteiger partial charge on any atom is 0.167 e. The van der Waals surface area contributed by atoms with E-state index < -0.39 is 0 Å². The van der Waals surface area contributed by atoms with Crippen LogP contribution in [0.25, 0.3) is 0 Å². The lowest BCUT2D eigenvalue weighted by Crippen LogP contribution is -2.34. The largest absolute Gasteiger partial charge is 0.316 e. The second-order valence-corrected chi connectivity index (χ2v) is 7.34. The number of Topliss-reactive ketones (excluding diaryl/α,β-unsaturated/α-hetero) is 1. The van der Waals surface area contributed by atoms with Gasteiger partial charge in [0, 0.05) is 37.7 Å². The van der Waals surface area contributed by atoms with E-state index in [2.05, 4.69) is 52.7 Å². The molecule has 0 radical (unpaired) electrons. The first-order valence-electron chi connectivity index (χ1n) is 9.42. The summed E-state index contributed by atoms with van der Waals surface area (Å²) in [5, 5.41) is 3.35. The van der Waals surface area contributed by atoms with Crippen molar-refractivity contribution >= 4 is 5.78 Å². The predicted molar refractivity (Wildman–Crippen MR) is 101 cm³/mol. The highest BCUT2D eigenvalue weighted by Crippen LogP contribution is 2.24. The van der Waals surface area contributed by atoms with Crippen LogP contribution in [-0.2, 0) is 19.5 Å². The number of piperidine rings is 1. The molecule has 2 aliphatic heterocycles. The van der Waals surface area contributed by atoms with E-state index in [4.69, 9.17) is 0 Å². The van der Waals surface area contributed by atoms with Gasteiger partial charge in [0.1, 0.15) is 0 Å². The van der Waals surface area contributed by atoms with Crippen LogP contribution in [0.4, 0.5) is 0 Å². The molecule has 1 fully saturated rings. The van der Waals surface area contributed by atoms with Gasteiger partial charge in [-0.05, 0) is 48.6 Å². The van der Waals surface area contributed by atoms with Crippen molar-refractivity contribution < 1.29 is 4.79 Å². The molecule has 2 aromatic carbocycles. The van der Waals surface area contributed by atoms with Gasteiger partial charge >= 0.3 is 0 Å². The minimum absolute atomic E-state index is 0.157. The third-order valence-corrected chi connectivity index (χ3v) is 5.50. The summed E-state index contributed by atoms with van der Waals surface area (Å²) in [6.07, 6.45) is 3.16. The van der Waals surface area contributed by atoms with Crippen LogP contribution in [0.5, 0.6) is 0 Å². The summed E-state index contributed by atoms with van der Waals surface area (Å²) in [6.45, 7) is 4.91. The fourth-order valence-electron chi connectivity index (χ4n) is 4.05. The van der Waals surface area contributed by atoms with Gasteiger partial charge in [-0.2, -0.15) is 0 Å². The second kappa shape index (κ2) is 7.51. The Bertz CT molecular complexity index is 735. The summed E-state index contributed by atoms with van der Waals surface area (Å²) in [4.78, 5) is 15.2. The van der Waals surface area contributed by atoms with Crippen molar-refractivity contribution in [2.75, 3.05) is 19.6 Å². The molecule has 3 nitrogen and oxygen atoms in total. The zero-order valence-electron chi connectivity index (χ0n) is 14.7. The van der Waals surface area contributed by atoms with Gasteiger partial charge in [-0.15, -0.1) is 0 Å². The number of nitrogens with one attached hydrogen (secondary N) is 1.